The fraction of sp³-hybridized carbons (Fsp3) is 0.400. The number of carbonyl (C=O) groups excluding carboxylic acids is 4. The normalized spacial score (nSPS) is 14.4. The van der Waals surface area contributed by atoms with Crippen molar-refractivity contribution in [3.8, 4) is 11.5 Å². The molecule has 0 spiro atoms. The Kier molecular flexibility index (Phi) is 8.74. The SMILES string of the molecule is COC(=O)/C=C1/SCC(=O)N1CCCOC(=O)c1cc(OC)c(OC)cc1NC(C)=O. The number of methoxy groups -OCH3 is 3. The average molecular weight is 452 g/mol. The lowest BCUT2D eigenvalue weighted by atomic mass is 10.1. The number of ether oxygens (including phenoxy) is 4. The Hall–Kier alpha value is -3.21. The number of nitrogens with one attached hydrogen (secondary N) is 1. The molecule has 31 heavy (non-hydrogen) atoms. The number of hydrogen-bond acceptors (Lipinski definition) is 9. The van der Waals surface area contributed by atoms with Crippen molar-refractivity contribution in [2.75, 3.05) is 45.6 Å². The zero-order valence-corrected chi connectivity index (χ0v) is 18.5. The van der Waals surface area contributed by atoms with Crippen LogP contribution >= 0.6 is 11.8 Å². The molecule has 2 rings (SSSR count). The van der Waals surface area contributed by atoms with Crippen molar-refractivity contribution in [1.82, 2.24) is 4.90 Å². The summed E-state index contributed by atoms with van der Waals surface area (Å²) in [5.41, 5.74) is 0.330. The summed E-state index contributed by atoms with van der Waals surface area (Å²) in [7, 11) is 4.12. The number of rotatable bonds is 9. The highest BCUT2D eigenvalue weighted by Crippen LogP contribution is 2.34. The molecule has 11 heteroatoms. The Bertz CT molecular complexity index is 899. The summed E-state index contributed by atoms with van der Waals surface area (Å²) < 4.78 is 20.3. The van der Waals surface area contributed by atoms with Crippen LogP contribution in [0.1, 0.15) is 23.7 Å². The van der Waals surface area contributed by atoms with Gasteiger partial charge in [-0.15, -0.1) is 0 Å². The molecule has 0 aliphatic carbocycles. The molecule has 0 bridgehead atoms. The molecule has 1 aliphatic rings. The van der Waals surface area contributed by atoms with Gasteiger partial charge in [-0.25, -0.2) is 9.59 Å². The summed E-state index contributed by atoms with van der Waals surface area (Å²) in [4.78, 5) is 49.0. The Morgan fingerprint density at radius 2 is 1.84 bits per heavy atom. The van der Waals surface area contributed by atoms with Gasteiger partial charge in [-0.3, -0.25) is 9.59 Å². The number of esters is 2. The third-order valence-electron chi connectivity index (χ3n) is 4.17. The lowest BCUT2D eigenvalue weighted by Gasteiger charge is -2.17. The quantitative estimate of drug-likeness (QED) is 0.340. The van der Waals surface area contributed by atoms with Crippen molar-refractivity contribution in [2.45, 2.75) is 13.3 Å². The summed E-state index contributed by atoms with van der Waals surface area (Å²) in [6.07, 6.45) is 1.60. The van der Waals surface area contributed by atoms with E-state index < -0.39 is 11.9 Å². The molecule has 0 aromatic heterocycles. The minimum atomic E-state index is -0.669. The van der Waals surface area contributed by atoms with Crippen LogP contribution in [-0.4, -0.2) is 68.9 Å². The van der Waals surface area contributed by atoms with E-state index >= 15 is 0 Å². The molecule has 2 amide bonds. The van der Waals surface area contributed by atoms with Crippen molar-refractivity contribution in [3.63, 3.8) is 0 Å². The number of thioether (sulfide) groups is 1. The van der Waals surface area contributed by atoms with Crippen molar-refractivity contribution < 1.29 is 38.1 Å². The predicted octanol–water partition coefficient (Wildman–Crippen LogP) is 1.80. The van der Waals surface area contributed by atoms with E-state index in [0.29, 0.717) is 22.9 Å². The van der Waals surface area contributed by atoms with Crippen molar-refractivity contribution in [3.05, 3.63) is 28.8 Å². The second-order valence-corrected chi connectivity index (χ2v) is 7.26. The van der Waals surface area contributed by atoms with Gasteiger partial charge >= 0.3 is 11.9 Å². The largest absolute Gasteiger partial charge is 0.493 e. The fourth-order valence-corrected chi connectivity index (χ4v) is 3.69. The fourth-order valence-electron chi connectivity index (χ4n) is 2.73. The van der Waals surface area contributed by atoms with Crippen molar-refractivity contribution in [1.29, 1.82) is 0 Å². The lowest BCUT2D eigenvalue weighted by molar-refractivity contribution is -0.134. The molecule has 0 saturated carbocycles. The van der Waals surface area contributed by atoms with E-state index in [1.54, 1.807) is 0 Å². The highest BCUT2D eigenvalue weighted by atomic mass is 32.2. The van der Waals surface area contributed by atoms with E-state index in [0.717, 1.165) is 0 Å². The van der Waals surface area contributed by atoms with E-state index in [1.807, 2.05) is 0 Å². The van der Waals surface area contributed by atoms with Gasteiger partial charge in [-0.05, 0) is 6.42 Å². The zero-order chi connectivity index (χ0) is 23.0. The molecule has 1 N–H and O–H groups in total. The van der Waals surface area contributed by atoms with Crippen LogP contribution in [0.3, 0.4) is 0 Å². The summed E-state index contributed by atoms with van der Waals surface area (Å²) in [5, 5.41) is 3.06. The maximum absolute atomic E-state index is 12.6. The maximum atomic E-state index is 12.6. The van der Waals surface area contributed by atoms with Gasteiger partial charge in [0.15, 0.2) is 11.5 Å². The van der Waals surface area contributed by atoms with Crippen LogP contribution in [0.4, 0.5) is 5.69 Å². The molecule has 1 heterocycles. The number of nitrogens with zero attached hydrogens (tertiary/aromatic N) is 1. The molecular weight excluding hydrogens is 428 g/mol. The van der Waals surface area contributed by atoms with E-state index in [-0.39, 0.29) is 42.0 Å². The Morgan fingerprint density at radius 1 is 1.16 bits per heavy atom. The number of carbonyl (C=O) groups is 4. The average Bonchev–Trinajstić information content (AvgIpc) is 3.09. The summed E-state index contributed by atoms with van der Waals surface area (Å²) in [6.45, 7) is 1.61. The highest BCUT2D eigenvalue weighted by molar-refractivity contribution is 8.04. The van der Waals surface area contributed by atoms with Crippen LogP contribution in [0.5, 0.6) is 11.5 Å². The van der Waals surface area contributed by atoms with E-state index in [2.05, 4.69) is 10.1 Å². The van der Waals surface area contributed by atoms with Crippen molar-refractivity contribution >= 4 is 41.2 Å². The van der Waals surface area contributed by atoms with E-state index in [1.165, 1.54) is 63.1 Å². The summed E-state index contributed by atoms with van der Waals surface area (Å²) in [5.74, 6) is -0.840. The van der Waals surface area contributed by atoms with Crippen LogP contribution in [0.25, 0.3) is 0 Å². The molecule has 10 nitrogen and oxygen atoms in total. The Morgan fingerprint density at radius 3 is 2.45 bits per heavy atom. The minimum absolute atomic E-state index is 0.0205. The van der Waals surface area contributed by atoms with E-state index in [9.17, 15) is 19.2 Å². The molecule has 168 valence electrons. The number of hydrogen-bond donors (Lipinski definition) is 1. The van der Waals surface area contributed by atoms with Crippen LogP contribution in [-0.2, 0) is 23.9 Å². The first-order chi connectivity index (χ1) is 14.8. The monoisotopic (exact) mass is 452 g/mol. The Labute approximate surface area is 183 Å². The smallest absolute Gasteiger partial charge is 0.340 e. The van der Waals surface area contributed by atoms with Crippen LogP contribution in [0.2, 0.25) is 0 Å². The molecule has 1 fully saturated rings. The third kappa shape index (κ3) is 6.38. The lowest BCUT2D eigenvalue weighted by Crippen LogP contribution is -2.27. The molecular formula is C20H24N2O8S. The summed E-state index contributed by atoms with van der Waals surface area (Å²) in [6, 6.07) is 2.89. The first-order valence-corrected chi connectivity index (χ1v) is 10.2. The third-order valence-corrected chi connectivity index (χ3v) is 5.19. The van der Waals surface area contributed by atoms with Crippen molar-refractivity contribution in [2.24, 2.45) is 0 Å². The number of amides is 2. The van der Waals surface area contributed by atoms with Gasteiger partial charge < -0.3 is 29.2 Å². The second-order valence-electron chi connectivity index (χ2n) is 6.26. The summed E-state index contributed by atoms with van der Waals surface area (Å²) >= 11 is 1.24. The van der Waals surface area contributed by atoms with Gasteiger partial charge in [0.05, 0.1) is 56.0 Å². The number of benzene rings is 1. The Balaban J connectivity index is 2.03. The minimum Gasteiger partial charge on any atom is -0.493 e. The van der Waals surface area contributed by atoms with Gasteiger partial charge in [0.2, 0.25) is 11.8 Å². The van der Waals surface area contributed by atoms with Crippen LogP contribution < -0.4 is 14.8 Å². The van der Waals surface area contributed by atoms with Gasteiger partial charge in [0.25, 0.3) is 0 Å². The van der Waals surface area contributed by atoms with Gasteiger partial charge in [-0.1, -0.05) is 11.8 Å². The van der Waals surface area contributed by atoms with Gasteiger partial charge in [0.1, 0.15) is 0 Å². The first-order valence-electron chi connectivity index (χ1n) is 9.24. The highest BCUT2D eigenvalue weighted by Gasteiger charge is 2.27. The van der Waals surface area contributed by atoms with Gasteiger partial charge in [0, 0.05) is 25.6 Å². The van der Waals surface area contributed by atoms with Gasteiger partial charge in [-0.2, -0.15) is 0 Å². The molecule has 1 saturated heterocycles. The number of anilines is 1. The van der Waals surface area contributed by atoms with Crippen LogP contribution in [0, 0.1) is 0 Å². The molecule has 0 radical (unpaired) electrons. The molecule has 0 unspecified atom stereocenters. The molecule has 0 atom stereocenters. The molecule has 1 aliphatic heterocycles. The zero-order valence-electron chi connectivity index (χ0n) is 17.7. The van der Waals surface area contributed by atoms with Crippen LogP contribution in [0.15, 0.2) is 23.2 Å². The predicted molar refractivity (Wildman–Crippen MR) is 113 cm³/mol. The first kappa shape index (κ1) is 24.1. The second kappa shape index (κ2) is 11.3. The molecule has 1 aromatic carbocycles. The standard InChI is InChI=1S/C20H24N2O8S/c1-12(23)21-14-9-16(28-3)15(27-2)8-13(14)20(26)30-7-5-6-22-17(24)11-31-18(22)10-19(25)29-4/h8-10H,5-7,11H2,1-4H3,(H,21,23)/b18-10+. The van der Waals surface area contributed by atoms with E-state index in [4.69, 9.17) is 14.2 Å². The maximum Gasteiger partial charge on any atom is 0.340 e. The topological polar surface area (TPSA) is 120 Å². The molecule has 1 aromatic rings.